The largest absolute Gasteiger partial charge is 0.466 e. The van der Waals surface area contributed by atoms with Crippen LogP contribution in [-0.2, 0) is 19.6 Å². The van der Waals surface area contributed by atoms with E-state index in [0.29, 0.717) is 19.5 Å². The monoisotopic (exact) mass is 357 g/mol. The molecule has 2 rings (SSSR count). The third-order valence-electron chi connectivity index (χ3n) is 3.74. The Kier molecular flexibility index (Phi) is 5.86. The van der Waals surface area contributed by atoms with Crippen molar-refractivity contribution in [3.05, 3.63) is 34.4 Å². The van der Waals surface area contributed by atoms with Crippen molar-refractivity contribution in [2.45, 2.75) is 24.3 Å². The van der Waals surface area contributed by atoms with E-state index in [1.165, 1.54) is 12.1 Å². The summed E-state index contributed by atoms with van der Waals surface area (Å²) in [6.45, 7) is 2.80. The van der Waals surface area contributed by atoms with Crippen LogP contribution < -0.4 is 10.0 Å². The zero-order valence-corrected chi connectivity index (χ0v) is 13.9. The van der Waals surface area contributed by atoms with Crippen LogP contribution in [0, 0.1) is 16.0 Å². The topological polar surface area (TPSA) is 128 Å². The van der Waals surface area contributed by atoms with Crippen molar-refractivity contribution in [1.82, 2.24) is 10.0 Å². The van der Waals surface area contributed by atoms with Crippen LogP contribution in [0.4, 0.5) is 5.69 Å². The second-order valence-corrected chi connectivity index (χ2v) is 7.04. The van der Waals surface area contributed by atoms with Crippen molar-refractivity contribution < 1.29 is 22.9 Å². The number of benzene rings is 1. The highest BCUT2D eigenvalue weighted by molar-refractivity contribution is 7.89. The molecule has 132 valence electrons. The van der Waals surface area contributed by atoms with Gasteiger partial charge in [0.2, 0.25) is 10.0 Å². The standard InChI is InChI=1S/C14H19N3O6S/c1-2-23-14(18)12-9-15-8-7-13(12)16-24(21,22)11-5-3-10(4-6-11)17(19)20/h3-6,12-13,15-16H,2,7-9H2,1H3/t12-,13+/m1/s1. The van der Waals surface area contributed by atoms with Gasteiger partial charge in [-0.15, -0.1) is 0 Å². The Labute approximate surface area is 139 Å². The molecule has 2 atom stereocenters. The highest BCUT2D eigenvalue weighted by Gasteiger charge is 2.35. The van der Waals surface area contributed by atoms with Crippen LogP contribution in [0.2, 0.25) is 0 Å². The summed E-state index contributed by atoms with van der Waals surface area (Å²) < 4.78 is 32.4. The Balaban J connectivity index is 2.16. The molecule has 0 aromatic heterocycles. The van der Waals surface area contributed by atoms with E-state index in [9.17, 15) is 23.3 Å². The second-order valence-electron chi connectivity index (χ2n) is 5.33. The van der Waals surface area contributed by atoms with Crippen LogP contribution in [0.5, 0.6) is 0 Å². The zero-order valence-electron chi connectivity index (χ0n) is 13.1. The lowest BCUT2D eigenvalue weighted by Gasteiger charge is -2.30. The van der Waals surface area contributed by atoms with Crippen molar-refractivity contribution in [2.75, 3.05) is 19.7 Å². The maximum absolute atomic E-state index is 12.5. The number of non-ortho nitro benzene ring substituents is 1. The lowest BCUT2D eigenvalue weighted by Crippen LogP contribution is -2.52. The predicted molar refractivity (Wildman–Crippen MR) is 84.8 cm³/mol. The first kappa shape index (κ1) is 18.3. The molecule has 0 saturated carbocycles. The molecule has 1 fully saturated rings. The first-order chi connectivity index (χ1) is 11.3. The van der Waals surface area contributed by atoms with Gasteiger partial charge in [0.15, 0.2) is 0 Å². The summed E-state index contributed by atoms with van der Waals surface area (Å²) in [5.41, 5.74) is -0.194. The van der Waals surface area contributed by atoms with E-state index >= 15 is 0 Å². The molecule has 0 aliphatic carbocycles. The number of nitrogens with one attached hydrogen (secondary N) is 2. The summed E-state index contributed by atoms with van der Waals surface area (Å²) in [4.78, 5) is 21.9. The molecule has 0 unspecified atom stereocenters. The number of hydrogen-bond acceptors (Lipinski definition) is 7. The van der Waals surface area contributed by atoms with Crippen LogP contribution in [0.3, 0.4) is 0 Å². The Morgan fingerprint density at radius 1 is 1.42 bits per heavy atom. The smallest absolute Gasteiger partial charge is 0.311 e. The number of carbonyl (C=O) groups is 1. The van der Waals surface area contributed by atoms with E-state index in [4.69, 9.17) is 4.74 Å². The van der Waals surface area contributed by atoms with Gasteiger partial charge in [0, 0.05) is 24.7 Å². The Hall–Kier alpha value is -2.04. The van der Waals surface area contributed by atoms with E-state index in [2.05, 4.69) is 10.0 Å². The molecule has 9 nitrogen and oxygen atoms in total. The van der Waals surface area contributed by atoms with Crippen molar-refractivity contribution in [1.29, 1.82) is 0 Å². The molecule has 1 aliphatic heterocycles. The number of sulfonamides is 1. The summed E-state index contributed by atoms with van der Waals surface area (Å²) in [5, 5.41) is 13.7. The van der Waals surface area contributed by atoms with E-state index in [1.54, 1.807) is 6.92 Å². The van der Waals surface area contributed by atoms with Gasteiger partial charge < -0.3 is 10.1 Å². The average Bonchev–Trinajstić information content (AvgIpc) is 2.55. The first-order valence-corrected chi connectivity index (χ1v) is 8.97. The maximum atomic E-state index is 12.5. The van der Waals surface area contributed by atoms with Crippen molar-refractivity contribution in [3.8, 4) is 0 Å². The van der Waals surface area contributed by atoms with E-state index in [0.717, 1.165) is 12.1 Å². The van der Waals surface area contributed by atoms with Gasteiger partial charge in [-0.2, -0.15) is 0 Å². The van der Waals surface area contributed by atoms with Gasteiger partial charge in [0.1, 0.15) is 0 Å². The van der Waals surface area contributed by atoms with E-state index in [1.807, 2.05) is 0 Å². The fourth-order valence-corrected chi connectivity index (χ4v) is 3.82. The minimum absolute atomic E-state index is 0.0887. The minimum Gasteiger partial charge on any atom is -0.466 e. The second kappa shape index (κ2) is 7.69. The molecule has 10 heteroatoms. The molecule has 0 spiro atoms. The molecule has 1 saturated heterocycles. The molecule has 2 N–H and O–H groups in total. The van der Waals surface area contributed by atoms with E-state index < -0.39 is 32.9 Å². The average molecular weight is 357 g/mol. The number of carbonyl (C=O) groups excluding carboxylic acids is 1. The van der Waals surface area contributed by atoms with Crippen LogP contribution in [-0.4, -0.2) is 45.0 Å². The molecule has 24 heavy (non-hydrogen) atoms. The number of esters is 1. The van der Waals surface area contributed by atoms with Crippen LogP contribution in [0.25, 0.3) is 0 Å². The molecule has 0 bridgehead atoms. The van der Waals surface area contributed by atoms with Crippen LogP contribution in [0.15, 0.2) is 29.2 Å². The highest BCUT2D eigenvalue weighted by Crippen LogP contribution is 2.19. The lowest BCUT2D eigenvalue weighted by molar-refractivity contribution is -0.384. The number of nitrogens with zero attached hydrogens (tertiary/aromatic N) is 1. The zero-order chi connectivity index (χ0) is 17.7. The minimum atomic E-state index is -3.89. The van der Waals surface area contributed by atoms with E-state index in [-0.39, 0.29) is 17.2 Å². The molecular formula is C14H19N3O6S. The Bertz CT molecular complexity index is 704. The predicted octanol–water partition coefficient (Wildman–Crippen LogP) is 0.414. The van der Waals surface area contributed by atoms with Gasteiger partial charge in [0.25, 0.3) is 5.69 Å². The molecule has 1 aliphatic rings. The van der Waals surface area contributed by atoms with Gasteiger partial charge in [-0.25, -0.2) is 13.1 Å². The molecule has 1 aromatic carbocycles. The number of rotatable bonds is 6. The molecule has 0 amide bonds. The third-order valence-corrected chi connectivity index (χ3v) is 5.24. The first-order valence-electron chi connectivity index (χ1n) is 7.49. The summed E-state index contributed by atoms with van der Waals surface area (Å²) in [7, 11) is -3.89. The van der Waals surface area contributed by atoms with Gasteiger partial charge in [-0.05, 0) is 32.0 Å². The fourth-order valence-electron chi connectivity index (χ4n) is 2.51. The summed E-state index contributed by atoms with van der Waals surface area (Å²) in [5.74, 6) is -1.08. The van der Waals surface area contributed by atoms with Crippen molar-refractivity contribution in [3.63, 3.8) is 0 Å². The Morgan fingerprint density at radius 3 is 2.67 bits per heavy atom. The summed E-state index contributed by atoms with van der Waals surface area (Å²) in [6, 6.07) is 3.99. The van der Waals surface area contributed by atoms with Gasteiger partial charge in [0.05, 0.1) is 22.3 Å². The Morgan fingerprint density at radius 2 is 2.08 bits per heavy atom. The van der Waals surface area contributed by atoms with Crippen molar-refractivity contribution in [2.24, 2.45) is 5.92 Å². The van der Waals surface area contributed by atoms with Crippen molar-refractivity contribution >= 4 is 21.7 Å². The maximum Gasteiger partial charge on any atom is 0.311 e. The quantitative estimate of drug-likeness (QED) is 0.429. The van der Waals surface area contributed by atoms with Gasteiger partial charge in [-0.1, -0.05) is 0 Å². The highest BCUT2D eigenvalue weighted by atomic mass is 32.2. The lowest BCUT2D eigenvalue weighted by atomic mass is 9.94. The molecule has 1 heterocycles. The number of nitro benzene ring substituents is 1. The number of piperidine rings is 1. The van der Waals surface area contributed by atoms with Crippen LogP contribution in [0.1, 0.15) is 13.3 Å². The number of hydrogen-bond donors (Lipinski definition) is 2. The summed E-state index contributed by atoms with van der Waals surface area (Å²) in [6.07, 6.45) is 0.440. The summed E-state index contributed by atoms with van der Waals surface area (Å²) >= 11 is 0. The third kappa shape index (κ3) is 4.28. The molecular weight excluding hydrogens is 338 g/mol. The van der Waals surface area contributed by atoms with Gasteiger partial charge in [-0.3, -0.25) is 14.9 Å². The fraction of sp³-hybridized carbons (Fsp3) is 0.500. The van der Waals surface area contributed by atoms with Gasteiger partial charge >= 0.3 is 5.97 Å². The number of nitro groups is 1. The number of ether oxygens (including phenoxy) is 1. The normalized spacial score (nSPS) is 21.2. The SMILES string of the molecule is CCOC(=O)[C@@H]1CNCC[C@@H]1NS(=O)(=O)c1ccc([N+](=O)[O-])cc1. The molecule has 1 aromatic rings. The molecule has 0 radical (unpaired) electrons. The van der Waals surface area contributed by atoms with Crippen LogP contribution >= 0.6 is 0 Å².